The number of ether oxygens (including phenoxy) is 1. The number of hydrogen-bond acceptors (Lipinski definition) is 2. The summed E-state index contributed by atoms with van der Waals surface area (Å²) in [6.45, 7) is 3.66. The van der Waals surface area contributed by atoms with Gasteiger partial charge in [0.25, 0.3) is 0 Å². The molecule has 3 heteroatoms. The zero-order valence-corrected chi connectivity index (χ0v) is 8.38. The van der Waals surface area contributed by atoms with Crippen molar-refractivity contribution < 1.29 is 14.6 Å². The highest BCUT2D eigenvalue weighted by atomic mass is 16.5. The Morgan fingerprint density at radius 1 is 1.62 bits per heavy atom. The summed E-state index contributed by atoms with van der Waals surface area (Å²) < 4.78 is 5.58. The van der Waals surface area contributed by atoms with Gasteiger partial charge in [0, 0.05) is 0 Å². The Labute approximate surface area is 79.1 Å². The molecule has 0 saturated heterocycles. The number of carbonyl (C=O) groups is 1. The first kappa shape index (κ1) is 10.5. The maximum absolute atomic E-state index is 11.0. The lowest BCUT2D eigenvalue weighted by Gasteiger charge is -2.34. The lowest BCUT2D eigenvalue weighted by molar-refractivity contribution is -0.178. The van der Waals surface area contributed by atoms with Gasteiger partial charge in [0.05, 0.1) is 6.10 Å². The van der Waals surface area contributed by atoms with Gasteiger partial charge in [0.2, 0.25) is 0 Å². The Hall–Kier alpha value is -0.570. The van der Waals surface area contributed by atoms with Gasteiger partial charge < -0.3 is 9.84 Å². The fourth-order valence-corrected chi connectivity index (χ4v) is 1.55. The lowest BCUT2D eigenvalue weighted by atomic mass is 9.93. The van der Waals surface area contributed by atoms with Gasteiger partial charge in [-0.2, -0.15) is 0 Å². The molecule has 0 aromatic heterocycles. The molecule has 0 amide bonds. The van der Waals surface area contributed by atoms with E-state index in [0.717, 1.165) is 19.3 Å². The third-order valence-electron chi connectivity index (χ3n) is 2.66. The molecule has 0 spiro atoms. The topological polar surface area (TPSA) is 46.5 Å². The molecule has 1 saturated carbocycles. The average Bonchev–Trinajstić information content (AvgIpc) is 1.97. The number of carboxylic acids is 1. The van der Waals surface area contributed by atoms with Crippen LogP contribution in [0.25, 0.3) is 0 Å². The zero-order chi connectivity index (χ0) is 9.90. The molecule has 0 aromatic carbocycles. The average molecular weight is 186 g/mol. The first-order valence-electron chi connectivity index (χ1n) is 4.99. The Balaban J connectivity index is 2.49. The van der Waals surface area contributed by atoms with Crippen molar-refractivity contribution in [1.29, 1.82) is 0 Å². The van der Waals surface area contributed by atoms with Crippen molar-refractivity contribution in [3.63, 3.8) is 0 Å². The van der Waals surface area contributed by atoms with Crippen molar-refractivity contribution >= 4 is 5.97 Å². The summed E-state index contributed by atoms with van der Waals surface area (Å²) in [7, 11) is 0. The van der Waals surface area contributed by atoms with Gasteiger partial charge in [-0.1, -0.05) is 13.3 Å². The molecule has 0 aliphatic heterocycles. The van der Waals surface area contributed by atoms with E-state index in [1.165, 1.54) is 6.42 Å². The van der Waals surface area contributed by atoms with Gasteiger partial charge in [-0.15, -0.1) is 0 Å². The van der Waals surface area contributed by atoms with Gasteiger partial charge >= 0.3 is 5.97 Å². The molecule has 3 nitrogen and oxygen atoms in total. The van der Waals surface area contributed by atoms with E-state index >= 15 is 0 Å². The van der Waals surface area contributed by atoms with E-state index in [1.807, 2.05) is 6.92 Å². The second-order valence-corrected chi connectivity index (χ2v) is 3.96. The standard InChI is InChI=1S/C10H18O3/c1-3-7-10(2,9(11)12)13-8-5-4-6-8/h8H,3-7H2,1-2H3,(H,11,12). The minimum atomic E-state index is -0.958. The van der Waals surface area contributed by atoms with Crippen LogP contribution in [-0.2, 0) is 9.53 Å². The Morgan fingerprint density at radius 2 is 2.23 bits per heavy atom. The summed E-state index contributed by atoms with van der Waals surface area (Å²) in [5.41, 5.74) is -0.958. The largest absolute Gasteiger partial charge is 0.479 e. The monoisotopic (exact) mass is 186 g/mol. The number of rotatable bonds is 5. The fraction of sp³-hybridized carbons (Fsp3) is 0.900. The Morgan fingerprint density at radius 3 is 2.54 bits per heavy atom. The molecule has 1 aliphatic carbocycles. The minimum absolute atomic E-state index is 0.188. The highest BCUT2D eigenvalue weighted by Crippen LogP contribution is 2.29. The van der Waals surface area contributed by atoms with Gasteiger partial charge in [0.15, 0.2) is 5.60 Å². The van der Waals surface area contributed by atoms with Crippen LogP contribution in [0, 0.1) is 0 Å². The summed E-state index contributed by atoms with van der Waals surface area (Å²) in [4.78, 5) is 11.0. The van der Waals surface area contributed by atoms with Crippen molar-refractivity contribution in [2.75, 3.05) is 0 Å². The fourth-order valence-electron chi connectivity index (χ4n) is 1.55. The molecule has 1 fully saturated rings. The Bertz CT molecular complexity index is 187. The predicted octanol–water partition coefficient (Wildman–Crippen LogP) is 2.20. The molecule has 0 heterocycles. The van der Waals surface area contributed by atoms with Gasteiger partial charge in [-0.25, -0.2) is 4.79 Å². The molecule has 1 unspecified atom stereocenters. The van der Waals surface area contributed by atoms with E-state index in [0.29, 0.717) is 6.42 Å². The molecule has 13 heavy (non-hydrogen) atoms. The van der Waals surface area contributed by atoms with Crippen molar-refractivity contribution in [2.24, 2.45) is 0 Å². The van der Waals surface area contributed by atoms with E-state index in [9.17, 15) is 4.79 Å². The molecule has 1 rings (SSSR count). The van der Waals surface area contributed by atoms with Crippen LogP contribution in [-0.4, -0.2) is 22.8 Å². The number of aliphatic carboxylic acids is 1. The van der Waals surface area contributed by atoms with Crippen LogP contribution < -0.4 is 0 Å². The third kappa shape index (κ3) is 2.44. The second kappa shape index (κ2) is 4.09. The van der Waals surface area contributed by atoms with Crippen LogP contribution >= 0.6 is 0 Å². The summed E-state index contributed by atoms with van der Waals surface area (Å²) in [6, 6.07) is 0. The molecule has 76 valence electrons. The van der Waals surface area contributed by atoms with Crippen molar-refractivity contribution in [2.45, 2.75) is 57.7 Å². The van der Waals surface area contributed by atoms with Crippen LogP contribution in [0.3, 0.4) is 0 Å². The third-order valence-corrected chi connectivity index (χ3v) is 2.66. The lowest BCUT2D eigenvalue weighted by Crippen LogP contribution is -2.43. The van der Waals surface area contributed by atoms with Crippen LogP contribution in [0.2, 0.25) is 0 Å². The quantitative estimate of drug-likeness (QED) is 0.716. The highest BCUT2D eigenvalue weighted by Gasteiger charge is 2.37. The first-order valence-corrected chi connectivity index (χ1v) is 4.99. The van der Waals surface area contributed by atoms with E-state index in [-0.39, 0.29) is 6.10 Å². The number of hydrogen-bond donors (Lipinski definition) is 1. The normalized spacial score (nSPS) is 22.0. The molecule has 1 atom stereocenters. The van der Waals surface area contributed by atoms with Gasteiger partial charge in [0.1, 0.15) is 0 Å². The van der Waals surface area contributed by atoms with E-state index in [1.54, 1.807) is 6.92 Å². The van der Waals surface area contributed by atoms with Crippen molar-refractivity contribution in [1.82, 2.24) is 0 Å². The molecular weight excluding hydrogens is 168 g/mol. The van der Waals surface area contributed by atoms with Crippen molar-refractivity contribution in [3.05, 3.63) is 0 Å². The summed E-state index contributed by atoms with van der Waals surface area (Å²) >= 11 is 0. The molecule has 1 aliphatic rings. The highest BCUT2D eigenvalue weighted by molar-refractivity contribution is 5.76. The van der Waals surface area contributed by atoms with E-state index < -0.39 is 11.6 Å². The summed E-state index contributed by atoms with van der Waals surface area (Å²) in [5, 5.41) is 9.01. The van der Waals surface area contributed by atoms with E-state index in [4.69, 9.17) is 9.84 Å². The zero-order valence-electron chi connectivity index (χ0n) is 8.38. The Kier molecular flexibility index (Phi) is 3.31. The van der Waals surface area contributed by atoms with Crippen LogP contribution in [0.4, 0.5) is 0 Å². The minimum Gasteiger partial charge on any atom is -0.479 e. The molecule has 0 bridgehead atoms. The molecule has 0 radical (unpaired) electrons. The van der Waals surface area contributed by atoms with Crippen molar-refractivity contribution in [3.8, 4) is 0 Å². The van der Waals surface area contributed by atoms with Gasteiger partial charge in [-0.05, 0) is 32.6 Å². The predicted molar refractivity (Wildman–Crippen MR) is 49.7 cm³/mol. The number of carboxylic acid groups (broad SMARTS) is 1. The SMILES string of the molecule is CCCC(C)(OC1CCC1)C(=O)O. The van der Waals surface area contributed by atoms with Gasteiger partial charge in [-0.3, -0.25) is 0 Å². The first-order chi connectivity index (χ1) is 6.08. The summed E-state index contributed by atoms with van der Waals surface area (Å²) in [6.07, 6.45) is 4.84. The smallest absolute Gasteiger partial charge is 0.335 e. The second-order valence-electron chi connectivity index (χ2n) is 3.96. The van der Waals surface area contributed by atoms with E-state index in [2.05, 4.69) is 0 Å². The summed E-state index contributed by atoms with van der Waals surface area (Å²) in [5.74, 6) is -0.832. The molecular formula is C10H18O3. The maximum Gasteiger partial charge on any atom is 0.335 e. The van der Waals surface area contributed by atoms with Crippen LogP contribution in [0.15, 0.2) is 0 Å². The molecule has 1 N–H and O–H groups in total. The van der Waals surface area contributed by atoms with Crippen LogP contribution in [0.1, 0.15) is 46.0 Å². The molecule has 0 aromatic rings. The maximum atomic E-state index is 11.0. The van der Waals surface area contributed by atoms with Crippen LogP contribution in [0.5, 0.6) is 0 Å².